The summed E-state index contributed by atoms with van der Waals surface area (Å²) in [5, 5.41) is 1.69. The van der Waals surface area contributed by atoms with Crippen LogP contribution in [0.2, 0.25) is 0 Å². The maximum Gasteiger partial charge on any atom is 0.286 e. The normalized spacial score (nSPS) is 16.0. The van der Waals surface area contributed by atoms with E-state index in [1.807, 2.05) is 61.5 Å². The Morgan fingerprint density at radius 3 is 2.59 bits per heavy atom. The van der Waals surface area contributed by atoms with Gasteiger partial charge in [-0.3, -0.25) is 15.0 Å². The highest BCUT2D eigenvalue weighted by Crippen LogP contribution is 2.38. The van der Waals surface area contributed by atoms with E-state index in [9.17, 15) is 14.0 Å². The SMILES string of the molecule is Cc1ccc(C2SCC(=O)N2NC(=O)c2[nH]c3ccc(F)cc3c2-c2ccccc2)cc1. The van der Waals surface area contributed by atoms with E-state index in [0.29, 0.717) is 16.5 Å². The summed E-state index contributed by atoms with van der Waals surface area (Å²) in [6, 6.07) is 21.6. The van der Waals surface area contributed by atoms with Crippen molar-refractivity contribution in [3.63, 3.8) is 0 Å². The number of rotatable bonds is 4. The van der Waals surface area contributed by atoms with Crippen LogP contribution in [0.1, 0.15) is 27.0 Å². The average molecular weight is 446 g/mol. The summed E-state index contributed by atoms with van der Waals surface area (Å²) in [6.45, 7) is 2.00. The van der Waals surface area contributed by atoms with Gasteiger partial charge in [-0.1, -0.05) is 60.2 Å². The quantitative estimate of drug-likeness (QED) is 0.454. The lowest BCUT2D eigenvalue weighted by Crippen LogP contribution is -2.44. The van der Waals surface area contributed by atoms with E-state index in [2.05, 4.69) is 10.4 Å². The summed E-state index contributed by atoms with van der Waals surface area (Å²) < 4.78 is 14.0. The third kappa shape index (κ3) is 3.65. The molecule has 0 spiro atoms. The number of fused-ring (bicyclic) bond motifs is 1. The molecule has 4 aromatic rings. The number of hydrogen-bond acceptors (Lipinski definition) is 3. The summed E-state index contributed by atoms with van der Waals surface area (Å²) in [6.07, 6.45) is 0. The minimum atomic E-state index is -0.451. The van der Waals surface area contributed by atoms with Crippen molar-refractivity contribution in [2.75, 3.05) is 5.75 Å². The number of hydrazine groups is 1. The first kappa shape index (κ1) is 20.3. The third-order valence-electron chi connectivity index (χ3n) is 5.50. The Hall–Kier alpha value is -3.58. The van der Waals surface area contributed by atoms with Gasteiger partial charge in [0, 0.05) is 16.5 Å². The molecule has 2 amide bonds. The van der Waals surface area contributed by atoms with Crippen LogP contribution in [0.4, 0.5) is 4.39 Å². The van der Waals surface area contributed by atoms with Gasteiger partial charge in [0.25, 0.3) is 11.8 Å². The first-order valence-electron chi connectivity index (χ1n) is 10.2. The van der Waals surface area contributed by atoms with Crippen LogP contribution < -0.4 is 5.43 Å². The number of nitrogens with one attached hydrogen (secondary N) is 2. The number of H-pyrrole nitrogens is 1. The van der Waals surface area contributed by atoms with Crippen LogP contribution in [0.15, 0.2) is 72.8 Å². The molecular formula is C25H20FN3O2S. The molecule has 7 heteroatoms. The lowest BCUT2D eigenvalue weighted by atomic mass is 10.0. The Bertz CT molecular complexity index is 1320. The van der Waals surface area contributed by atoms with E-state index in [1.165, 1.54) is 28.9 Å². The minimum absolute atomic E-state index is 0.169. The summed E-state index contributed by atoms with van der Waals surface area (Å²) in [5.74, 6) is -0.723. The average Bonchev–Trinajstić information content (AvgIpc) is 3.35. The molecule has 0 radical (unpaired) electrons. The van der Waals surface area contributed by atoms with Crippen molar-refractivity contribution >= 4 is 34.5 Å². The lowest BCUT2D eigenvalue weighted by molar-refractivity contribution is -0.130. The molecule has 3 aromatic carbocycles. The zero-order valence-corrected chi connectivity index (χ0v) is 18.1. The zero-order valence-electron chi connectivity index (χ0n) is 17.3. The number of carbonyl (C=O) groups is 2. The molecule has 1 saturated heterocycles. The second kappa shape index (κ2) is 8.16. The number of benzene rings is 3. The summed E-state index contributed by atoms with van der Waals surface area (Å²) in [4.78, 5) is 29.1. The van der Waals surface area contributed by atoms with Crippen molar-refractivity contribution in [2.24, 2.45) is 0 Å². The molecule has 2 heterocycles. The van der Waals surface area contributed by atoms with Crippen LogP contribution in [-0.2, 0) is 4.79 Å². The molecule has 160 valence electrons. The Morgan fingerprint density at radius 1 is 1.09 bits per heavy atom. The van der Waals surface area contributed by atoms with Gasteiger partial charge in [-0.05, 0) is 36.2 Å². The molecule has 0 aliphatic carbocycles. The number of amides is 2. The summed E-state index contributed by atoms with van der Waals surface area (Å²) >= 11 is 1.46. The molecule has 2 N–H and O–H groups in total. The van der Waals surface area contributed by atoms with Crippen LogP contribution >= 0.6 is 11.8 Å². The van der Waals surface area contributed by atoms with Gasteiger partial charge >= 0.3 is 0 Å². The number of thioether (sulfide) groups is 1. The topological polar surface area (TPSA) is 65.2 Å². The van der Waals surface area contributed by atoms with Gasteiger partial charge in [-0.15, -0.1) is 11.8 Å². The van der Waals surface area contributed by atoms with Gasteiger partial charge in [0.15, 0.2) is 0 Å². The second-order valence-corrected chi connectivity index (χ2v) is 8.78. The van der Waals surface area contributed by atoms with E-state index in [0.717, 1.165) is 16.7 Å². The molecule has 1 aromatic heterocycles. The Balaban J connectivity index is 1.53. The van der Waals surface area contributed by atoms with E-state index < -0.39 is 5.91 Å². The van der Waals surface area contributed by atoms with Crippen molar-refractivity contribution in [3.05, 3.63) is 95.4 Å². The Labute approximate surface area is 188 Å². The fraction of sp³-hybridized carbons (Fsp3) is 0.120. The molecule has 32 heavy (non-hydrogen) atoms. The van der Waals surface area contributed by atoms with Gasteiger partial charge in [-0.25, -0.2) is 9.40 Å². The van der Waals surface area contributed by atoms with Crippen LogP contribution in [0, 0.1) is 12.7 Å². The molecule has 1 fully saturated rings. The van der Waals surface area contributed by atoms with Crippen LogP contribution in [0.25, 0.3) is 22.0 Å². The molecule has 0 bridgehead atoms. The Kier molecular flexibility index (Phi) is 5.19. The summed E-state index contributed by atoms with van der Waals surface area (Å²) in [7, 11) is 0. The number of halogens is 1. The van der Waals surface area contributed by atoms with Gasteiger partial charge in [0.1, 0.15) is 16.9 Å². The molecule has 1 unspecified atom stereocenters. The van der Waals surface area contributed by atoms with Gasteiger partial charge < -0.3 is 4.98 Å². The first-order valence-corrected chi connectivity index (χ1v) is 11.2. The number of aromatic amines is 1. The number of nitrogens with zero attached hydrogens (tertiary/aromatic N) is 1. The highest BCUT2D eigenvalue weighted by molar-refractivity contribution is 8.00. The van der Waals surface area contributed by atoms with E-state index in [1.54, 1.807) is 6.07 Å². The third-order valence-corrected chi connectivity index (χ3v) is 6.71. The molecule has 1 aliphatic heterocycles. The largest absolute Gasteiger partial charge is 0.350 e. The number of carbonyl (C=O) groups excluding carboxylic acids is 2. The van der Waals surface area contributed by atoms with Gasteiger partial charge in [-0.2, -0.15) is 0 Å². The number of aromatic nitrogens is 1. The predicted octanol–water partition coefficient (Wildman–Crippen LogP) is 5.20. The Morgan fingerprint density at radius 2 is 1.84 bits per heavy atom. The lowest BCUT2D eigenvalue weighted by Gasteiger charge is -2.24. The van der Waals surface area contributed by atoms with Crippen LogP contribution in [-0.4, -0.2) is 27.6 Å². The predicted molar refractivity (Wildman–Crippen MR) is 124 cm³/mol. The molecule has 5 nitrogen and oxygen atoms in total. The van der Waals surface area contributed by atoms with Crippen molar-refractivity contribution in [1.82, 2.24) is 15.4 Å². The van der Waals surface area contributed by atoms with Gasteiger partial charge in [0.05, 0.1) is 5.75 Å². The molecule has 1 aliphatic rings. The smallest absolute Gasteiger partial charge is 0.286 e. The standard InChI is InChI=1S/C25H20FN3O2S/c1-15-7-9-17(10-8-15)25-29(21(30)14-32-25)28-24(31)23-22(16-5-3-2-4-6-16)19-13-18(26)11-12-20(19)27-23/h2-13,25,27H,14H2,1H3,(H,28,31). The van der Waals surface area contributed by atoms with Crippen molar-refractivity contribution in [2.45, 2.75) is 12.3 Å². The molecule has 5 rings (SSSR count). The second-order valence-electron chi connectivity index (χ2n) is 7.71. The fourth-order valence-corrected chi connectivity index (χ4v) is 5.04. The van der Waals surface area contributed by atoms with E-state index in [-0.39, 0.29) is 28.5 Å². The van der Waals surface area contributed by atoms with Crippen LogP contribution in [0.5, 0.6) is 0 Å². The number of hydrogen-bond donors (Lipinski definition) is 2. The number of aryl methyl sites for hydroxylation is 1. The van der Waals surface area contributed by atoms with E-state index >= 15 is 0 Å². The summed E-state index contributed by atoms with van der Waals surface area (Å²) in [5.41, 5.74) is 7.17. The first-order chi connectivity index (χ1) is 15.5. The van der Waals surface area contributed by atoms with E-state index in [4.69, 9.17) is 0 Å². The molecule has 0 saturated carbocycles. The highest BCUT2D eigenvalue weighted by atomic mass is 32.2. The fourth-order valence-electron chi connectivity index (χ4n) is 3.93. The maximum atomic E-state index is 14.0. The highest BCUT2D eigenvalue weighted by Gasteiger charge is 2.35. The van der Waals surface area contributed by atoms with Crippen LogP contribution in [0.3, 0.4) is 0 Å². The van der Waals surface area contributed by atoms with Crippen molar-refractivity contribution in [1.29, 1.82) is 0 Å². The zero-order chi connectivity index (χ0) is 22.2. The van der Waals surface area contributed by atoms with Gasteiger partial charge in [0.2, 0.25) is 0 Å². The monoisotopic (exact) mass is 445 g/mol. The van der Waals surface area contributed by atoms with Crippen molar-refractivity contribution in [3.8, 4) is 11.1 Å². The minimum Gasteiger partial charge on any atom is -0.350 e. The van der Waals surface area contributed by atoms with Crippen molar-refractivity contribution < 1.29 is 14.0 Å². The maximum absolute atomic E-state index is 14.0. The molecule has 1 atom stereocenters. The molecular weight excluding hydrogens is 425 g/mol.